The van der Waals surface area contributed by atoms with Crippen LogP contribution in [0, 0.1) is 11.8 Å². The van der Waals surface area contributed by atoms with Crippen LogP contribution >= 0.6 is 0 Å². The SMILES string of the molecule is CC(C)Oc1ccc(C(C)NC(=O)[C@@H]2C[C@@H]2C(=O)O)cc1. The van der Waals surface area contributed by atoms with Crippen LogP contribution in [-0.4, -0.2) is 23.1 Å². The second-order valence-electron chi connectivity index (χ2n) is 5.75. The molecule has 0 radical (unpaired) electrons. The van der Waals surface area contributed by atoms with Gasteiger partial charge >= 0.3 is 5.97 Å². The third kappa shape index (κ3) is 3.97. The van der Waals surface area contributed by atoms with Crippen molar-refractivity contribution in [2.24, 2.45) is 11.8 Å². The number of rotatable bonds is 6. The molecule has 0 aliphatic heterocycles. The molecule has 1 aromatic rings. The Morgan fingerprint density at radius 1 is 1.19 bits per heavy atom. The summed E-state index contributed by atoms with van der Waals surface area (Å²) >= 11 is 0. The number of benzene rings is 1. The van der Waals surface area contributed by atoms with Crippen LogP contribution in [0.4, 0.5) is 0 Å². The molecule has 5 heteroatoms. The minimum absolute atomic E-state index is 0.121. The van der Waals surface area contributed by atoms with Gasteiger partial charge in [0.25, 0.3) is 0 Å². The van der Waals surface area contributed by atoms with Crippen LogP contribution in [0.2, 0.25) is 0 Å². The molecule has 2 N–H and O–H groups in total. The lowest BCUT2D eigenvalue weighted by atomic mass is 10.1. The van der Waals surface area contributed by atoms with Gasteiger partial charge in [0, 0.05) is 0 Å². The van der Waals surface area contributed by atoms with E-state index in [1.807, 2.05) is 45.0 Å². The molecule has 1 aliphatic rings. The van der Waals surface area contributed by atoms with Gasteiger partial charge < -0.3 is 15.2 Å². The summed E-state index contributed by atoms with van der Waals surface area (Å²) in [6.45, 7) is 5.81. The van der Waals surface area contributed by atoms with Gasteiger partial charge in [-0.1, -0.05) is 12.1 Å². The number of carbonyl (C=O) groups is 2. The van der Waals surface area contributed by atoms with Crippen LogP contribution in [0.1, 0.15) is 38.8 Å². The Morgan fingerprint density at radius 3 is 2.29 bits per heavy atom. The molecule has 1 saturated carbocycles. The fourth-order valence-corrected chi connectivity index (χ4v) is 2.27. The molecule has 0 bridgehead atoms. The zero-order chi connectivity index (χ0) is 15.6. The third-order valence-corrected chi connectivity index (χ3v) is 3.56. The monoisotopic (exact) mass is 291 g/mol. The molecular weight excluding hydrogens is 270 g/mol. The van der Waals surface area contributed by atoms with Crippen LogP contribution in [0.25, 0.3) is 0 Å². The summed E-state index contributed by atoms with van der Waals surface area (Å²) in [5, 5.41) is 11.7. The lowest BCUT2D eigenvalue weighted by Crippen LogP contribution is -2.29. The van der Waals surface area contributed by atoms with Crippen molar-refractivity contribution in [3.05, 3.63) is 29.8 Å². The number of amides is 1. The van der Waals surface area contributed by atoms with Gasteiger partial charge in [-0.2, -0.15) is 0 Å². The predicted octanol–water partition coefficient (Wildman–Crippen LogP) is 2.37. The van der Waals surface area contributed by atoms with E-state index in [0.717, 1.165) is 11.3 Å². The lowest BCUT2D eigenvalue weighted by Gasteiger charge is -2.15. The first-order chi connectivity index (χ1) is 9.88. The Bertz CT molecular complexity index is 524. The molecule has 0 saturated heterocycles. The molecule has 5 nitrogen and oxygen atoms in total. The van der Waals surface area contributed by atoms with E-state index in [9.17, 15) is 9.59 Å². The smallest absolute Gasteiger partial charge is 0.307 e. The maximum absolute atomic E-state index is 11.9. The van der Waals surface area contributed by atoms with Gasteiger partial charge in [0.05, 0.1) is 24.0 Å². The Morgan fingerprint density at radius 2 is 1.81 bits per heavy atom. The Kier molecular flexibility index (Phi) is 4.50. The number of aliphatic carboxylic acids is 1. The Labute approximate surface area is 124 Å². The molecule has 1 aliphatic carbocycles. The summed E-state index contributed by atoms with van der Waals surface area (Å²) in [6.07, 6.45) is 0.561. The van der Waals surface area contributed by atoms with Gasteiger partial charge in [-0.05, 0) is 44.9 Å². The molecular formula is C16H21NO4. The van der Waals surface area contributed by atoms with Crippen molar-refractivity contribution in [3.63, 3.8) is 0 Å². The van der Waals surface area contributed by atoms with E-state index in [2.05, 4.69) is 5.32 Å². The second-order valence-corrected chi connectivity index (χ2v) is 5.75. The Hall–Kier alpha value is -2.04. The molecule has 0 spiro atoms. The minimum atomic E-state index is -0.891. The van der Waals surface area contributed by atoms with E-state index in [0.29, 0.717) is 6.42 Å². The first kappa shape index (κ1) is 15.4. The number of hydrogen-bond acceptors (Lipinski definition) is 3. The number of ether oxygens (including phenoxy) is 1. The predicted molar refractivity (Wildman–Crippen MR) is 78.0 cm³/mol. The van der Waals surface area contributed by atoms with E-state index < -0.39 is 11.9 Å². The summed E-state index contributed by atoms with van der Waals surface area (Å²) < 4.78 is 5.57. The van der Waals surface area contributed by atoms with Gasteiger partial charge in [-0.25, -0.2) is 0 Å². The molecule has 0 heterocycles. The number of hydrogen-bond donors (Lipinski definition) is 2. The van der Waals surface area contributed by atoms with Crippen LogP contribution in [-0.2, 0) is 9.59 Å². The van der Waals surface area contributed by atoms with E-state index >= 15 is 0 Å². The largest absolute Gasteiger partial charge is 0.491 e. The lowest BCUT2D eigenvalue weighted by molar-refractivity contribution is -0.140. The van der Waals surface area contributed by atoms with Crippen LogP contribution < -0.4 is 10.1 Å². The fourth-order valence-electron chi connectivity index (χ4n) is 2.27. The summed E-state index contributed by atoms with van der Waals surface area (Å²) in [5.74, 6) is -1.18. The maximum atomic E-state index is 11.9. The number of carboxylic acid groups (broad SMARTS) is 1. The molecule has 2 rings (SSSR count). The van der Waals surface area contributed by atoms with Crippen molar-refractivity contribution in [2.75, 3.05) is 0 Å². The second kappa shape index (κ2) is 6.16. The Balaban J connectivity index is 1.90. The maximum Gasteiger partial charge on any atom is 0.307 e. The van der Waals surface area contributed by atoms with E-state index in [-0.39, 0.29) is 24.0 Å². The number of carbonyl (C=O) groups excluding carboxylic acids is 1. The molecule has 1 fully saturated rings. The highest BCUT2D eigenvalue weighted by Gasteiger charge is 2.48. The molecule has 1 unspecified atom stereocenters. The number of carboxylic acids is 1. The first-order valence-corrected chi connectivity index (χ1v) is 7.18. The van der Waals surface area contributed by atoms with E-state index in [4.69, 9.17) is 9.84 Å². The average Bonchev–Trinajstić information content (AvgIpc) is 3.19. The molecule has 1 amide bonds. The van der Waals surface area contributed by atoms with Gasteiger partial charge in [0.15, 0.2) is 0 Å². The topological polar surface area (TPSA) is 75.6 Å². The molecule has 21 heavy (non-hydrogen) atoms. The van der Waals surface area contributed by atoms with Gasteiger partial charge in [-0.3, -0.25) is 9.59 Å². The third-order valence-electron chi connectivity index (χ3n) is 3.56. The first-order valence-electron chi connectivity index (χ1n) is 7.18. The van der Waals surface area contributed by atoms with Crippen LogP contribution in [0.15, 0.2) is 24.3 Å². The van der Waals surface area contributed by atoms with Gasteiger partial charge in [0.2, 0.25) is 5.91 Å². The van der Waals surface area contributed by atoms with Crippen molar-refractivity contribution in [3.8, 4) is 5.75 Å². The van der Waals surface area contributed by atoms with Gasteiger partial charge in [0.1, 0.15) is 5.75 Å². The normalized spacial score (nSPS) is 21.7. The van der Waals surface area contributed by atoms with Crippen molar-refractivity contribution >= 4 is 11.9 Å². The fraction of sp³-hybridized carbons (Fsp3) is 0.500. The highest BCUT2D eigenvalue weighted by molar-refractivity contribution is 5.89. The summed E-state index contributed by atoms with van der Waals surface area (Å²) in [6, 6.07) is 7.40. The van der Waals surface area contributed by atoms with Gasteiger partial charge in [-0.15, -0.1) is 0 Å². The zero-order valence-electron chi connectivity index (χ0n) is 12.5. The summed E-state index contributed by atoms with van der Waals surface area (Å²) in [4.78, 5) is 22.7. The quantitative estimate of drug-likeness (QED) is 0.843. The van der Waals surface area contributed by atoms with Crippen molar-refractivity contribution in [1.29, 1.82) is 0 Å². The standard InChI is InChI=1S/C16H21NO4/c1-9(2)21-12-6-4-11(5-7-12)10(3)17-15(18)13-8-14(13)16(19)20/h4-7,9-10,13-14H,8H2,1-3H3,(H,17,18)(H,19,20)/t10?,13-,14+/m1/s1. The average molecular weight is 291 g/mol. The molecule has 0 aromatic heterocycles. The van der Waals surface area contributed by atoms with E-state index in [1.165, 1.54) is 0 Å². The molecule has 3 atom stereocenters. The summed E-state index contributed by atoms with van der Waals surface area (Å²) in [5.41, 5.74) is 0.965. The zero-order valence-corrected chi connectivity index (χ0v) is 12.5. The highest BCUT2D eigenvalue weighted by atomic mass is 16.5. The highest BCUT2D eigenvalue weighted by Crippen LogP contribution is 2.39. The van der Waals surface area contributed by atoms with Crippen molar-refractivity contribution in [2.45, 2.75) is 39.3 Å². The van der Waals surface area contributed by atoms with E-state index in [1.54, 1.807) is 0 Å². The minimum Gasteiger partial charge on any atom is -0.491 e. The van der Waals surface area contributed by atoms with Crippen molar-refractivity contribution < 1.29 is 19.4 Å². The number of nitrogens with one attached hydrogen (secondary N) is 1. The van der Waals surface area contributed by atoms with Crippen LogP contribution in [0.5, 0.6) is 5.75 Å². The molecule has 1 aromatic carbocycles. The summed E-state index contributed by atoms with van der Waals surface area (Å²) in [7, 11) is 0. The molecule has 114 valence electrons. The van der Waals surface area contributed by atoms with Crippen molar-refractivity contribution in [1.82, 2.24) is 5.32 Å². The van der Waals surface area contributed by atoms with Crippen LogP contribution in [0.3, 0.4) is 0 Å².